The van der Waals surface area contributed by atoms with Crippen molar-refractivity contribution in [1.82, 2.24) is 14.3 Å². The Kier molecular flexibility index (Phi) is 6.11. The van der Waals surface area contributed by atoms with E-state index in [4.69, 9.17) is 11.6 Å². The Labute approximate surface area is 170 Å². The van der Waals surface area contributed by atoms with E-state index in [0.29, 0.717) is 6.07 Å². The second kappa shape index (κ2) is 8.25. The van der Waals surface area contributed by atoms with Gasteiger partial charge in [0.2, 0.25) is 21.9 Å². The third kappa shape index (κ3) is 4.85. The van der Waals surface area contributed by atoms with E-state index in [0.717, 1.165) is 16.4 Å². The lowest BCUT2D eigenvalue weighted by molar-refractivity contribution is -0.137. The van der Waals surface area contributed by atoms with Crippen LogP contribution in [0.1, 0.15) is 18.4 Å². The molecule has 7 nitrogen and oxygen atoms in total. The van der Waals surface area contributed by atoms with Gasteiger partial charge in [-0.3, -0.25) is 10.1 Å². The molecule has 1 aromatic carbocycles. The molecule has 0 aliphatic carbocycles. The SMILES string of the molecule is O=C(Nc1ncccn1)C1CCN(S(=O)(=O)c2ccc(Cl)c(C(F)(F)F)c2)CC1. The summed E-state index contributed by atoms with van der Waals surface area (Å²) in [5.74, 6) is -0.645. The van der Waals surface area contributed by atoms with Crippen molar-refractivity contribution in [3.05, 3.63) is 47.2 Å². The number of carbonyl (C=O) groups excluding carboxylic acids is 1. The molecule has 1 N–H and O–H groups in total. The van der Waals surface area contributed by atoms with Gasteiger partial charge in [-0.1, -0.05) is 11.6 Å². The minimum Gasteiger partial charge on any atom is -0.294 e. The van der Waals surface area contributed by atoms with E-state index in [2.05, 4.69) is 15.3 Å². The average molecular weight is 449 g/mol. The highest BCUT2D eigenvalue weighted by atomic mass is 35.5. The lowest BCUT2D eigenvalue weighted by Crippen LogP contribution is -2.41. The van der Waals surface area contributed by atoms with E-state index in [1.54, 1.807) is 6.07 Å². The molecule has 0 spiro atoms. The number of hydrogen-bond donors (Lipinski definition) is 1. The molecule has 1 fully saturated rings. The number of rotatable bonds is 4. The standard InChI is InChI=1S/C17H16ClF3N4O3S/c18-14-3-2-12(10-13(14)17(19,20)21)29(27,28)25-8-4-11(5-9-25)15(26)24-16-22-6-1-7-23-16/h1-3,6-7,10-11H,4-5,8-9H2,(H,22,23,24,26). The molecule has 1 aliphatic heterocycles. The maximum absolute atomic E-state index is 13.0. The van der Waals surface area contributed by atoms with Crippen LogP contribution in [0.3, 0.4) is 0 Å². The predicted molar refractivity (Wildman–Crippen MR) is 98.6 cm³/mol. The van der Waals surface area contributed by atoms with Gasteiger partial charge >= 0.3 is 6.18 Å². The average Bonchev–Trinajstić information content (AvgIpc) is 2.68. The quantitative estimate of drug-likeness (QED) is 0.775. The van der Waals surface area contributed by atoms with Gasteiger partial charge in [0.25, 0.3) is 0 Å². The van der Waals surface area contributed by atoms with Crippen molar-refractivity contribution in [2.75, 3.05) is 18.4 Å². The van der Waals surface area contributed by atoms with Crippen LogP contribution in [0.4, 0.5) is 19.1 Å². The highest BCUT2D eigenvalue weighted by Gasteiger charge is 2.37. The number of alkyl halides is 3. The van der Waals surface area contributed by atoms with E-state index in [1.807, 2.05) is 0 Å². The summed E-state index contributed by atoms with van der Waals surface area (Å²) in [6.45, 7) is 0.0000882. The normalized spacial score (nSPS) is 16.6. The number of benzene rings is 1. The third-order valence-corrected chi connectivity index (χ3v) is 6.73. The van der Waals surface area contributed by atoms with E-state index in [-0.39, 0.29) is 37.8 Å². The molecular weight excluding hydrogens is 433 g/mol. The predicted octanol–water partition coefficient (Wildman–Crippen LogP) is 3.19. The molecule has 0 radical (unpaired) electrons. The van der Waals surface area contributed by atoms with Gasteiger partial charge in [0, 0.05) is 31.4 Å². The Balaban J connectivity index is 1.69. The van der Waals surface area contributed by atoms with Crippen LogP contribution >= 0.6 is 11.6 Å². The minimum absolute atomic E-state index is 0.0000441. The molecule has 1 saturated heterocycles. The first-order valence-electron chi connectivity index (χ1n) is 8.54. The zero-order chi connectivity index (χ0) is 21.2. The summed E-state index contributed by atoms with van der Waals surface area (Å²) in [4.78, 5) is 19.6. The van der Waals surface area contributed by atoms with Crippen LogP contribution < -0.4 is 5.32 Å². The molecule has 1 aliphatic rings. The van der Waals surface area contributed by atoms with Crippen molar-refractivity contribution in [1.29, 1.82) is 0 Å². The number of halogens is 4. The van der Waals surface area contributed by atoms with E-state index < -0.39 is 37.6 Å². The smallest absolute Gasteiger partial charge is 0.294 e. The second-order valence-corrected chi connectivity index (χ2v) is 8.72. The fraction of sp³-hybridized carbons (Fsp3) is 0.353. The number of nitrogens with zero attached hydrogens (tertiary/aromatic N) is 3. The molecule has 29 heavy (non-hydrogen) atoms. The van der Waals surface area contributed by atoms with Crippen LogP contribution in [0.2, 0.25) is 5.02 Å². The molecule has 12 heteroatoms. The molecule has 0 bridgehead atoms. The van der Waals surface area contributed by atoms with Gasteiger partial charge in [-0.15, -0.1) is 0 Å². The molecule has 156 valence electrons. The maximum atomic E-state index is 13.0. The van der Waals surface area contributed by atoms with Crippen molar-refractivity contribution >= 4 is 33.5 Å². The molecule has 1 aromatic heterocycles. The summed E-state index contributed by atoms with van der Waals surface area (Å²) in [6.07, 6.45) is -1.39. The first-order valence-corrected chi connectivity index (χ1v) is 10.4. The third-order valence-electron chi connectivity index (χ3n) is 4.51. The van der Waals surface area contributed by atoms with Crippen LogP contribution in [-0.4, -0.2) is 41.7 Å². The Morgan fingerprint density at radius 3 is 2.38 bits per heavy atom. The van der Waals surface area contributed by atoms with Crippen molar-refractivity contribution in [2.24, 2.45) is 5.92 Å². The zero-order valence-electron chi connectivity index (χ0n) is 14.9. The summed E-state index contributed by atoms with van der Waals surface area (Å²) < 4.78 is 65.6. The summed E-state index contributed by atoms with van der Waals surface area (Å²) >= 11 is 5.55. The topological polar surface area (TPSA) is 92.3 Å². The molecule has 1 amide bonds. The Hall–Kier alpha value is -2.24. The maximum Gasteiger partial charge on any atom is 0.417 e. The van der Waals surface area contributed by atoms with Gasteiger partial charge in [0.15, 0.2) is 0 Å². The number of aromatic nitrogens is 2. The van der Waals surface area contributed by atoms with Gasteiger partial charge in [-0.2, -0.15) is 17.5 Å². The Morgan fingerprint density at radius 2 is 1.79 bits per heavy atom. The van der Waals surface area contributed by atoms with Crippen molar-refractivity contribution < 1.29 is 26.4 Å². The lowest BCUT2D eigenvalue weighted by atomic mass is 9.97. The molecule has 2 heterocycles. The monoisotopic (exact) mass is 448 g/mol. The Morgan fingerprint density at radius 1 is 1.17 bits per heavy atom. The summed E-state index contributed by atoms with van der Waals surface area (Å²) in [7, 11) is -4.15. The highest BCUT2D eigenvalue weighted by Crippen LogP contribution is 2.36. The van der Waals surface area contributed by atoms with Gasteiger partial charge < -0.3 is 0 Å². The first-order chi connectivity index (χ1) is 13.6. The van der Waals surface area contributed by atoms with E-state index in [9.17, 15) is 26.4 Å². The Bertz CT molecular complexity index is 995. The van der Waals surface area contributed by atoms with Gasteiger partial charge in [0.05, 0.1) is 15.5 Å². The van der Waals surface area contributed by atoms with Gasteiger partial charge in [-0.05, 0) is 37.1 Å². The van der Waals surface area contributed by atoms with E-state index in [1.165, 1.54) is 12.4 Å². The van der Waals surface area contributed by atoms with E-state index >= 15 is 0 Å². The highest BCUT2D eigenvalue weighted by molar-refractivity contribution is 7.89. The molecule has 3 rings (SSSR count). The zero-order valence-corrected chi connectivity index (χ0v) is 16.4. The van der Waals surface area contributed by atoms with Crippen molar-refractivity contribution in [2.45, 2.75) is 23.9 Å². The molecule has 0 saturated carbocycles. The number of anilines is 1. The molecular formula is C17H16ClF3N4O3S. The number of amides is 1. The number of hydrogen-bond acceptors (Lipinski definition) is 5. The second-order valence-electron chi connectivity index (χ2n) is 6.38. The van der Waals surface area contributed by atoms with Crippen molar-refractivity contribution in [3.8, 4) is 0 Å². The number of piperidine rings is 1. The lowest BCUT2D eigenvalue weighted by Gasteiger charge is -2.30. The number of carbonyl (C=O) groups is 1. The van der Waals surface area contributed by atoms with Crippen LogP contribution in [0.5, 0.6) is 0 Å². The van der Waals surface area contributed by atoms with Gasteiger partial charge in [0.1, 0.15) is 0 Å². The minimum atomic E-state index is -4.77. The fourth-order valence-electron chi connectivity index (χ4n) is 2.97. The summed E-state index contributed by atoms with van der Waals surface area (Å²) in [6, 6.07) is 4.08. The fourth-order valence-corrected chi connectivity index (χ4v) is 4.69. The summed E-state index contributed by atoms with van der Waals surface area (Å²) in [5.41, 5.74) is -1.21. The van der Waals surface area contributed by atoms with Crippen molar-refractivity contribution in [3.63, 3.8) is 0 Å². The largest absolute Gasteiger partial charge is 0.417 e. The van der Waals surface area contributed by atoms with Crippen LogP contribution in [-0.2, 0) is 21.0 Å². The van der Waals surface area contributed by atoms with Gasteiger partial charge in [-0.25, -0.2) is 18.4 Å². The number of nitrogens with one attached hydrogen (secondary N) is 1. The molecule has 2 aromatic rings. The molecule has 0 unspecified atom stereocenters. The number of sulfonamides is 1. The molecule has 0 atom stereocenters. The van der Waals surface area contributed by atoms with Crippen LogP contribution in [0, 0.1) is 5.92 Å². The summed E-state index contributed by atoms with van der Waals surface area (Å²) in [5, 5.41) is 1.98. The first kappa shape index (κ1) is 21.5. The van der Waals surface area contributed by atoms with Crippen LogP contribution in [0.25, 0.3) is 0 Å². The van der Waals surface area contributed by atoms with Crippen LogP contribution in [0.15, 0.2) is 41.6 Å².